The standard InChI is InChI=1S/C42H81NO8/c1-3-5-7-9-11-13-15-17-18-20-22-24-26-28-30-32-38(46)43-35(34-50-42-41(49)40(48)39(47)37(33-44)51-42)36(45)31-29-27-25-23-21-19-16-14-12-10-8-6-4-2/h29,31,35-37,39-42,44-45,47-49H,3-28,30,32-34H2,1-2H3,(H,43,46)/b31-29+/t35-,36+,37?,39+,40?,41?,42+/m0/s1. The highest BCUT2D eigenvalue weighted by Crippen LogP contribution is 2.22. The second-order valence-corrected chi connectivity index (χ2v) is 15.1. The molecule has 0 aromatic rings. The fourth-order valence-electron chi connectivity index (χ4n) is 6.86. The van der Waals surface area contributed by atoms with Gasteiger partial charge in [0.05, 0.1) is 25.4 Å². The number of allylic oxidation sites excluding steroid dienone is 1. The Hall–Kier alpha value is -1.07. The van der Waals surface area contributed by atoms with E-state index in [1.807, 2.05) is 6.08 Å². The van der Waals surface area contributed by atoms with Crippen molar-refractivity contribution in [3.8, 4) is 0 Å². The molecular weight excluding hydrogens is 646 g/mol. The molecule has 1 amide bonds. The van der Waals surface area contributed by atoms with Gasteiger partial charge in [-0.2, -0.15) is 0 Å². The van der Waals surface area contributed by atoms with Crippen LogP contribution in [0.4, 0.5) is 0 Å². The van der Waals surface area contributed by atoms with Gasteiger partial charge in [0.25, 0.3) is 0 Å². The Morgan fingerprint density at radius 2 is 1.08 bits per heavy atom. The summed E-state index contributed by atoms with van der Waals surface area (Å²) >= 11 is 0. The molecule has 51 heavy (non-hydrogen) atoms. The molecule has 0 bridgehead atoms. The van der Waals surface area contributed by atoms with E-state index < -0.39 is 49.5 Å². The Balaban J connectivity index is 2.39. The second kappa shape index (κ2) is 33.5. The molecule has 0 aliphatic carbocycles. The predicted molar refractivity (Wildman–Crippen MR) is 207 cm³/mol. The lowest BCUT2D eigenvalue weighted by Gasteiger charge is -2.40. The Kier molecular flexibility index (Phi) is 31.5. The van der Waals surface area contributed by atoms with Crippen molar-refractivity contribution in [3.05, 3.63) is 12.2 Å². The smallest absolute Gasteiger partial charge is 0.220 e. The van der Waals surface area contributed by atoms with Gasteiger partial charge in [-0.15, -0.1) is 0 Å². The van der Waals surface area contributed by atoms with E-state index in [9.17, 15) is 30.3 Å². The Morgan fingerprint density at radius 1 is 0.647 bits per heavy atom. The van der Waals surface area contributed by atoms with Gasteiger partial charge in [0.15, 0.2) is 6.29 Å². The average molecular weight is 728 g/mol. The van der Waals surface area contributed by atoms with Gasteiger partial charge in [0.2, 0.25) is 5.91 Å². The number of aliphatic hydroxyl groups is 5. The molecule has 0 saturated carbocycles. The van der Waals surface area contributed by atoms with Crippen molar-refractivity contribution in [3.63, 3.8) is 0 Å². The molecule has 302 valence electrons. The molecule has 1 fully saturated rings. The normalized spacial score (nSPS) is 22.1. The highest BCUT2D eigenvalue weighted by molar-refractivity contribution is 5.76. The van der Waals surface area contributed by atoms with Crippen LogP contribution in [0.3, 0.4) is 0 Å². The van der Waals surface area contributed by atoms with Crippen molar-refractivity contribution in [2.24, 2.45) is 0 Å². The van der Waals surface area contributed by atoms with Crippen LogP contribution in [0.1, 0.15) is 194 Å². The summed E-state index contributed by atoms with van der Waals surface area (Å²) < 4.78 is 11.2. The van der Waals surface area contributed by atoms with E-state index in [0.29, 0.717) is 6.42 Å². The lowest BCUT2D eigenvalue weighted by atomic mass is 9.99. The largest absolute Gasteiger partial charge is 0.394 e. The molecule has 0 aromatic heterocycles. The lowest BCUT2D eigenvalue weighted by molar-refractivity contribution is -0.302. The monoisotopic (exact) mass is 728 g/mol. The molecule has 1 heterocycles. The molecule has 6 N–H and O–H groups in total. The Bertz CT molecular complexity index is 812. The number of carbonyl (C=O) groups excluding carboxylic acids is 1. The first kappa shape index (κ1) is 48.0. The van der Waals surface area contributed by atoms with E-state index in [4.69, 9.17) is 9.47 Å². The molecule has 1 aliphatic heterocycles. The first-order chi connectivity index (χ1) is 24.8. The zero-order valence-corrected chi connectivity index (χ0v) is 32.9. The molecular formula is C42H81NO8. The number of aliphatic hydroxyl groups excluding tert-OH is 5. The van der Waals surface area contributed by atoms with Crippen molar-refractivity contribution < 1.29 is 39.8 Å². The van der Waals surface area contributed by atoms with Gasteiger partial charge in [-0.3, -0.25) is 4.79 Å². The third-order valence-corrected chi connectivity index (χ3v) is 10.4. The summed E-state index contributed by atoms with van der Waals surface area (Å²) in [5.74, 6) is -0.176. The fourth-order valence-corrected chi connectivity index (χ4v) is 6.86. The van der Waals surface area contributed by atoms with E-state index in [1.54, 1.807) is 6.08 Å². The fraction of sp³-hybridized carbons (Fsp3) is 0.929. The number of rotatable bonds is 35. The minimum absolute atomic E-state index is 0.176. The van der Waals surface area contributed by atoms with Crippen molar-refractivity contribution in [2.45, 2.75) is 236 Å². The van der Waals surface area contributed by atoms with Crippen LogP contribution >= 0.6 is 0 Å². The summed E-state index contributed by atoms with van der Waals surface area (Å²) in [5.41, 5.74) is 0. The number of amides is 1. The van der Waals surface area contributed by atoms with Crippen molar-refractivity contribution in [2.75, 3.05) is 13.2 Å². The van der Waals surface area contributed by atoms with Crippen LogP contribution in [0.15, 0.2) is 12.2 Å². The van der Waals surface area contributed by atoms with E-state index in [2.05, 4.69) is 19.2 Å². The molecule has 0 spiro atoms. The molecule has 9 heteroatoms. The van der Waals surface area contributed by atoms with Crippen molar-refractivity contribution in [1.29, 1.82) is 0 Å². The van der Waals surface area contributed by atoms with Gasteiger partial charge in [0, 0.05) is 6.42 Å². The summed E-state index contributed by atoms with van der Waals surface area (Å²) in [6.07, 6.45) is 29.6. The summed E-state index contributed by atoms with van der Waals surface area (Å²) in [4.78, 5) is 12.9. The maximum atomic E-state index is 12.9. The van der Waals surface area contributed by atoms with E-state index >= 15 is 0 Å². The zero-order valence-electron chi connectivity index (χ0n) is 32.9. The van der Waals surface area contributed by atoms with Gasteiger partial charge in [-0.05, 0) is 19.3 Å². The average Bonchev–Trinajstić information content (AvgIpc) is 3.13. The molecule has 0 radical (unpaired) electrons. The van der Waals surface area contributed by atoms with Gasteiger partial charge < -0.3 is 40.3 Å². The Labute approximate surface area is 312 Å². The minimum atomic E-state index is -1.56. The minimum Gasteiger partial charge on any atom is -0.394 e. The van der Waals surface area contributed by atoms with E-state index in [-0.39, 0.29) is 12.5 Å². The van der Waals surface area contributed by atoms with Crippen LogP contribution in [-0.2, 0) is 14.3 Å². The van der Waals surface area contributed by atoms with Crippen LogP contribution < -0.4 is 5.32 Å². The number of ether oxygens (including phenoxy) is 2. The highest BCUT2D eigenvalue weighted by atomic mass is 16.7. The van der Waals surface area contributed by atoms with Crippen molar-refractivity contribution >= 4 is 5.91 Å². The maximum absolute atomic E-state index is 12.9. The SMILES string of the molecule is CCCCCCCCCCCCC/C=C/[C@@H](O)[C@H](CO[C@@H]1OC(CO)[C@@H](O)C(O)C1O)NC(=O)CCCCCCCCCCCCCCCCC. The molecule has 1 rings (SSSR count). The third-order valence-electron chi connectivity index (χ3n) is 10.4. The molecule has 7 atom stereocenters. The highest BCUT2D eigenvalue weighted by Gasteiger charge is 2.44. The predicted octanol–water partition coefficient (Wildman–Crippen LogP) is 8.17. The topological polar surface area (TPSA) is 149 Å². The quantitative estimate of drug-likeness (QED) is 0.0283. The number of hydrogen-bond donors (Lipinski definition) is 6. The molecule has 1 aliphatic rings. The number of hydrogen-bond acceptors (Lipinski definition) is 8. The number of carbonyl (C=O) groups is 1. The second-order valence-electron chi connectivity index (χ2n) is 15.1. The van der Waals surface area contributed by atoms with E-state index in [0.717, 1.165) is 38.5 Å². The summed E-state index contributed by atoms with van der Waals surface area (Å²) in [5, 5.41) is 54.0. The number of nitrogens with one attached hydrogen (secondary N) is 1. The first-order valence-corrected chi connectivity index (χ1v) is 21.4. The Morgan fingerprint density at radius 3 is 1.53 bits per heavy atom. The van der Waals surface area contributed by atoms with Crippen LogP contribution in [0.5, 0.6) is 0 Å². The van der Waals surface area contributed by atoms with Crippen LogP contribution in [0, 0.1) is 0 Å². The van der Waals surface area contributed by atoms with Gasteiger partial charge in [-0.25, -0.2) is 0 Å². The van der Waals surface area contributed by atoms with Crippen LogP contribution in [0.25, 0.3) is 0 Å². The lowest BCUT2D eigenvalue weighted by Crippen LogP contribution is -2.60. The third kappa shape index (κ3) is 24.8. The molecule has 0 aromatic carbocycles. The summed E-state index contributed by atoms with van der Waals surface area (Å²) in [6, 6.07) is -0.796. The summed E-state index contributed by atoms with van der Waals surface area (Å²) in [7, 11) is 0. The first-order valence-electron chi connectivity index (χ1n) is 21.4. The van der Waals surface area contributed by atoms with Gasteiger partial charge in [-0.1, -0.05) is 180 Å². The van der Waals surface area contributed by atoms with Crippen LogP contribution in [-0.4, -0.2) is 87.5 Å². The molecule has 3 unspecified atom stereocenters. The molecule has 9 nitrogen and oxygen atoms in total. The van der Waals surface area contributed by atoms with Crippen LogP contribution in [0.2, 0.25) is 0 Å². The molecule has 1 saturated heterocycles. The van der Waals surface area contributed by atoms with Gasteiger partial charge in [0.1, 0.15) is 24.4 Å². The summed E-state index contributed by atoms with van der Waals surface area (Å²) in [6.45, 7) is 3.76. The van der Waals surface area contributed by atoms with E-state index in [1.165, 1.54) is 135 Å². The zero-order chi connectivity index (χ0) is 37.4. The number of unbranched alkanes of at least 4 members (excludes halogenated alkanes) is 25. The van der Waals surface area contributed by atoms with Gasteiger partial charge >= 0.3 is 0 Å². The van der Waals surface area contributed by atoms with Crippen molar-refractivity contribution in [1.82, 2.24) is 5.32 Å². The maximum Gasteiger partial charge on any atom is 0.220 e.